The summed E-state index contributed by atoms with van der Waals surface area (Å²) < 4.78 is 10.6. The molecule has 0 fully saturated rings. The van der Waals surface area contributed by atoms with Gasteiger partial charge in [0.2, 0.25) is 5.91 Å². The quantitative estimate of drug-likeness (QED) is 0.368. The van der Waals surface area contributed by atoms with Gasteiger partial charge in [0.05, 0.1) is 7.11 Å². The maximum absolute atomic E-state index is 13.0. The predicted octanol–water partition coefficient (Wildman–Crippen LogP) is 3.45. The van der Waals surface area contributed by atoms with Gasteiger partial charge in [0.25, 0.3) is 5.91 Å². The number of methoxy groups -OCH3 is 1. The molecule has 0 aliphatic carbocycles. The summed E-state index contributed by atoms with van der Waals surface area (Å²) in [6.45, 7) is 0.404. The molecule has 35 heavy (non-hydrogen) atoms. The van der Waals surface area contributed by atoms with E-state index in [1.165, 1.54) is 0 Å². The van der Waals surface area contributed by atoms with Gasteiger partial charge in [-0.15, -0.1) is 0 Å². The third kappa shape index (κ3) is 6.54. The summed E-state index contributed by atoms with van der Waals surface area (Å²) in [5.74, 6) is 0.307. The van der Waals surface area contributed by atoms with Crippen LogP contribution in [0.3, 0.4) is 0 Å². The molecule has 0 saturated carbocycles. The third-order valence-corrected chi connectivity index (χ3v) is 5.41. The molecule has 0 aliphatic heterocycles. The van der Waals surface area contributed by atoms with Crippen molar-refractivity contribution in [1.82, 2.24) is 20.8 Å². The van der Waals surface area contributed by atoms with Crippen LogP contribution in [0.2, 0.25) is 0 Å². The predicted molar refractivity (Wildman–Crippen MR) is 131 cm³/mol. The lowest BCUT2D eigenvalue weighted by atomic mass is 10.0. The van der Waals surface area contributed by atoms with Gasteiger partial charge in [0, 0.05) is 42.9 Å². The summed E-state index contributed by atoms with van der Waals surface area (Å²) in [6.07, 6.45) is 2.64. The number of hydrogen-bond acceptors (Lipinski definition) is 6. The van der Waals surface area contributed by atoms with E-state index in [-0.39, 0.29) is 11.6 Å². The van der Waals surface area contributed by atoms with Crippen molar-refractivity contribution < 1.29 is 18.8 Å². The zero-order valence-electron chi connectivity index (χ0n) is 19.3. The molecule has 2 amide bonds. The largest absolute Gasteiger partial charge is 0.497 e. The van der Waals surface area contributed by atoms with Gasteiger partial charge in [-0.1, -0.05) is 53.7 Å². The molecule has 4 rings (SSSR count). The maximum Gasteiger partial charge on any atom is 0.274 e. The molecule has 0 bridgehead atoms. The Morgan fingerprint density at radius 2 is 1.83 bits per heavy atom. The number of nitrogens with zero attached hydrogens (tertiary/aromatic N) is 2. The topological polar surface area (TPSA) is 106 Å². The fraction of sp³-hybridized carbons (Fsp3) is 0.185. The molecular weight excluding hydrogens is 444 g/mol. The van der Waals surface area contributed by atoms with E-state index in [0.29, 0.717) is 30.9 Å². The zero-order valence-corrected chi connectivity index (χ0v) is 19.3. The van der Waals surface area contributed by atoms with Crippen molar-refractivity contribution in [2.75, 3.05) is 13.7 Å². The zero-order chi connectivity index (χ0) is 24.5. The van der Waals surface area contributed by atoms with Gasteiger partial charge in [-0.3, -0.25) is 14.6 Å². The molecular formula is C27H26N4O4. The number of benzene rings is 2. The lowest BCUT2D eigenvalue weighted by Gasteiger charge is -2.18. The van der Waals surface area contributed by atoms with E-state index in [9.17, 15) is 9.59 Å². The Kier molecular flexibility index (Phi) is 7.85. The summed E-state index contributed by atoms with van der Waals surface area (Å²) in [4.78, 5) is 30.2. The molecule has 2 heterocycles. The number of ether oxygens (including phenoxy) is 1. The Balaban J connectivity index is 1.44. The van der Waals surface area contributed by atoms with Gasteiger partial charge in [-0.05, 0) is 29.8 Å². The first-order valence-corrected chi connectivity index (χ1v) is 11.3. The lowest BCUT2D eigenvalue weighted by Crippen LogP contribution is -2.48. The van der Waals surface area contributed by atoms with Crippen molar-refractivity contribution in [2.24, 2.45) is 0 Å². The average molecular weight is 471 g/mol. The van der Waals surface area contributed by atoms with E-state index in [2.05, 4.69) is 20.8 Å². The summed E-state index contributed by atoms with van der Waals surface area (Å²) in [6, 6.07) is 23.2. The first kappa shape index (κ1) is 23.7. The summed E-state index contributed by atoms with van der Waals surface area (Å²) in [5, 5.41) is 9.61. The maximum atomic E-state index is 13.0. The van der Waals surface area contributed by atoms with Crippen LogP contribution in [-0.4, -0.2) is 41.7 Å². The Morgan fingerprint density at radius 3 is 2.60 bits per heavy atom. The van der Waals surface area contributed by atoms with Gasteiger partial charge in [-0.2, -0.15) is 0 Å². The minimum atomic E-state index is -0.786. The van der Waals surface area contributed by atoms with Crippen molar-refractivity contribution >= 4 is 11.8 Å². The van der Waals surface area contributed by atoms with E-state index >= 15 is 0 Å². The van der Waals surface area contributed by atoms with E-state index < -0.39 is 11.9 Å². The van der Waals surface area contributed by atoms with Crippen LogP contribution in [0, 0.1) is 0 Å². The van der Waals surface area contributed by atoms with E-state index in [0.717, 1.165) is 16.8 Å². The fourth-order valence-corrected chi connectivity index (χ4v) is 3.57. The van der Waals surface area contributed by atoms with Crippen LogP contribution in [0.4, 0.5) is 0 Å². The molecule has 0 radical (unpaired) electrons. The second-order valence-electron chi connectivity index (χ2n) is 7.89. The first-order chi connectivity index (χ1) is 17.1. The van der Waals surface area contributed by atoms with Crippen LogP contribution in [-0.2, 0) is 17.6 Å². The number of carbonyl (C=O) groups excluding carboxylic acids is 2. The average Bonchev–Trinajstić information content (AvgIpc) is 3.40. The smallest absolute Gasteiger partial charge is 0.274 e. The Morgan fingerprint density at radius 1 is 1.00 bits per heavy atom. The van der Waals surface area contributed by atoms with E-state index in [4.69, 9.17) is 9.26 Å². The van der Waals surface area contributed by atoms with Crippen LogP contribution in [0.1, 0.15) is 21.7 Å². The lowest BCUT2D eigenvalue weighted by molar-refractivity contribution is -0.122. The van der Waals surface area contributed by atoms with Gasteiger partial charge < -0.3 is 19.9 Å². The van der Waals surface area contributed by atoms with Crippen LogP contribution in [0.15, 0.2) is 89.6 Å². The molecule has 178 valence electrons. The molecule has 0 saturated heterocycles. The number of pyridine rings is 1. The van der Waals surface area contributed by atoms with E-state index in [1.54, 1.807) is 25.4 Å². The highest BCUT2D eigenvalue weighted by atomic mass is 16.5. The second-order valence-corrected chi connectivity index (χ2v) is 7.89. The normalized spacial score (nSPS) is 11.5. The molecule has 2 aromatic carbocycles. The molecule has 0 spiro atoms. The number of carbonyl (C=O) groups is 2. The number of nitrogens with one attached hydrogen (secondary N) is 2. The standard InChI is InChI=1S/C27H26N4O4/c1-34-22-12-7-10-20(17-22)25-18-24(31-35-25)27(33)30-23(16-19-8-3-2-4-9-19)26(32)29-15-13-21-11-5-6-14-28-21/h2-12,14,17-18,23H,13,15-16H2,1H3,(H,29,32)(H,30,33)/t23-/m0/s1. The molecule has 4 aromatic rings. The van der Waals surface area contributed by atoms with Gasteiger partial charge in [0.15, 0.2) is 11.5 Å². The van der Waals surface area contributed by atoms with Crippen LogP contribution in [0.5, 0.6) is 5.75 Å². The van der Waals surface area contributed by atoms with E-state index in [1.807, 2.05) is 66.7 Å². The third-order valence-electron chi connectivity index (χ3n) is 5.41. The van der Waals surface area contributed by atoms with Crippen LogP contribution in [0.25, 0.3) is 11.3 Å². The van der Waals surface area contributed by atoms with Crippen molar-refractivity contribution in [3.8, 4) is 17.1 Å². The Bertz CT molecular complexity index is 1260. The van der Waals surface area contributed by atoms with Crippen molar-refractivity contribution in [3.63, 3.8) is 0 Å². The minimum Gasteiger partial charge on any atom is -0.497 e. The summed E-state index contributed by atoms with van der Waals surface area (Å²) in [5.41, 5.74) is 2.62. The highest BCUT2D eigenvalue weighted by Gasteiger charge is 2.24. The highest BCUT2D eigenvalue weighted by molar-refractivity contribution is 5.96. The highest BCUT2D eigenvalue weighted by Crippen LogP contribution is 2.24. The van der Waals surface area contributed by atoms with Crippen molar-refractivity contribution in [2.45, 2.75) is 18.9 Å². The number of hydrogen-bond donors (Lipinski definition) is 2. The van der Waals surface area contributed by atoms with Gasteiger partial charge >= 0.3 is 0 Å². The molecule has 8 nitrogen and oxygen atoms in total. The summed E-state index contributed by atoms with van der Waals surface area (Å²) >= 11 is 0. The molecule has 0 aliphatic rings. The molecule has 0 unspecified atom stereocenters. The fourth-order valence-electron chi connectivity index (χ4n) is 3.57. The van der Waals surface area contributed by atoms with Gasteiger partial charge in [0.1, 0.15) is 11.8 Å². The minimum absolute atomic E-state index is 0.0853. The second kappa shape index (κ2) is 11.6. The molecule has 8 heteroatoms. The number of aromatic nitrogens is 2. The van der Waals surface area contributed by atoms with Gasteiger partial charge in [-0.25, -0.2) is 0 Å². The first-order valence-electron chi connectivity index (χ1n) is 11.3. The summed E-state index contributed by atoms with van der Waals surface area (Å²) in [7, 11) is 1.58. The van der Waals surface area contributed by atoms with Crippen molar-refractivity contribution in [1.29, 1.82) is 0 Å². The number of amides is 2. The SMILES string of the molecule is COc1cccc(-c2cc(C(=O)N[C@@H](Cc3ccccc3)C(=O)NCCc3ccccn3)no2)c1. The van der Waals surface area contributed by atoms with Crippen LogP contribution < -0.4 is 15.4 Å². The molecule has 2 aromatic heterocycles. The molecule has 1 atom stereocenters. The monoisotopic (exact) mass is 470 g/mol. The van der Waals surface area contributed by atoms with Crippen LogP contribution >= 0.6 is 0 Å². The number of rotatable bonds is 10. The Hall–Kier alpha value is -4.46. The van der Waals surface area contributed by atoms with Crippen molar-refractivity contribution in [3.05, 3.63) is 102 Å². The molecule has 2 N–H and O–H groups in total. The Labute approximate surface area is 203 Å².